The summed E-state index contributed by atoms with van der Waals surface area (Å²) >= 11 is 0. The predicted octanol–water partition coefficient (Wildman–Crippen LogP) is -1.000. The zero-order chi connectivity index (χ0) is 17.1. The van der Waals surface area contributed by atoms with E-state index in [4.69, 9.17) is 20.9 Å². The molecule has 2 rings (SSSR count). The summed E-state index contributed by atoms with van der Waals surface area (Å²) in [7, 11) is 0. The summed E-state index contributed by atoms with van der Waals surface area (Å²) in [6.45, 7) is 3.27. The number of esters is 1. The van der Waals surface area contributed by atoms with Gasteiger partial charge in [-0.1, -0.05) is 13.8 Å². The number of carbonyl (C=O) groups excluding carboxylic acids is 1. The molecule has 1 unspecified atom stereocenters. The molecule has 0 amide bonds. The number of aliphatic hydroxyl groups excluding tert-OH is 1. The molecule has 0 radical (unpaired) electrons. The van der Waals surface area contributed by atoms with E-state index in [1.807, 2.05) is 13.8 Å². The average Bonchev–Trinajstić information content (AvgIpc) is 2.88. The number of hydrogen-bond donors (Lipinski definition) is 3. The summed E-state index contributed by atoms with van der Waals surface area (Å²) < 4.78 is 12.2. The number of anilines is 1. The van der Waals surface area contributed by atoms with Crippen LogP contribution in [0.25, 0.3) is 0 Å². The standard InChI is InChI=1S/C14H22N4O5/c1-7(2)12(16)13(20)23-8-5-11(22-9(8)6-19)18-4-3-10(15)17-14(18)21/h3-4,7-9,11-12,19H,5-6,16H2,1-2H3,(H2,15,17,21)/t8?,9-,11-,12-/m0/s1. The molecule has 1 aliphatic rings. The quantitative estimate of drug-likeness (QED) is 0.585. The maximum absolute atomic E-state index is 12.0. The van der Waals surface area contributed by atoms with E-state index in [-0.39, 0.29) is 24.8 Å². The highest BCUT2D eigenvalue weighted by atomic mass is 16.6. The lowest BCUT2D eigenvalue weighted by molar-refractivity contribution is -0.155. The van der Waals surface area contributed by atoms with Gasteiger partial charge < -0.3 is 26.0 Å². The van der Waals surface area contributed by atoms with Crippen LogP contribution in [-0.2, 0) is 14.3 Å². The van der Waals surface area contributed by atoms with Gasteiger partial charge in [-0.15, -0.1) is 0 Å². The second-order valence-electron chi connectivity index (χ2n) is 5.83. The fourth-order valence-electron chi connectivity index (χ4n) is 2.30. The van der Waals surface area contributed by atoms with E-state index in [1.165, 1.54) is 16.8 Å². The molecular formula is C14H22N4O5. The molecule has 0 bridgehead atoms. The van der Waals surface area contributed by atoms with Crippen molar-refractivity contribution in [3.05, 3.63) is 22.7 Å². The zero-order valence-electron chi connectivity index (χ0n) is 13.1. The molecule has 0 spiro atoms. The number of nitrogens with two attached hydrogens (primary N) is 2. The Bertz CT molecular complexity index is 617. The van der Waals surface area contributed by atoms with E-state index in [0.29, 0.717) is 0 Å². The third-order valence-corrected chi connectivity index (χ3v) is 3.78. The Balaban J connectivity index is 2.11. The fraction of sp³-hybridized carbons (Fsp3) is 0.643. The second kappa shape index (κ2) is 7.07. The van der Waals surface area contributed by atoms with Crippen LogP contribution in [0.5, 0.6) is 0 Å². The minimum absolute atomic E-state index is 0.0721. The van der Waals surface area contributed by atoms with Gasteiger partial charge in [-0.05, 0) is 12.0 Å². The Morgan fingerprint density at radius 2 is 2.30 bits per heavy atom. The van der Waals surface area contributed by atoms with Crippen molar-refractivity contribution in [2.24, 2.45) is 11.7 Å². The van der Waals surface area contributed by atoms with Crippen LogP contribution in [0.15, 0.2) is 17.1 Å². The third-order valence-electron chi connectivity index (χ3n) is 3.78. The van der Waals surface area contributed by atoms with Crippen molar-refractivity contribution in [1.29, 1.82) is 0 Å². The highest BCUT2D eigenvalue weighted by molar-refractivity contribution is 5.76. The molecule has 23 heavy (non-hydrogen) atoms. The van der Waals surface area contributed by atoms with Crippen LogP contribution in [0.4, 0.5) is 5.82 Å². The van der Waals surface area contributed by atoms with Gasteiger partial charge in [0.2, 0.25) is 0 Å². The first-order chi connectivity index (χ1) is 10.8. The van der Waals surface area contributed by atoms with Gasteiger partial charge in [-0.3, -0.25) is 9.36 Å². The minimum atomic E-state index is -0.755. The lowest BCUT2D eigenvalue weighted by Crippen LogP contribution is -2.41. The third kappa shape index (κ3) is 3.87. The molecular weight excluding hydrogens is 304 g/mol. The summed E-state index contributed by atoms with van der Waals surface area (Å²) in [5.41, 5.74) is 10.6. The van der Waals surface area contributed by atoms with Crippen molar-refractivity contribution < 1.29 is 19.4 Å². The van der Waals surface area contributed by atoms with Gasteiger partial charge >= 0.3 is 11.7 Å². The molecule has 2 heterocycles. The van der Waals surface area contributed by atoms with Gasteiger partial charge in [0.1, 0.15) is 30.3 Å². The van der Waals surface area contributed by atoms with Crippen LogP contribution < -0.4 is 17.2 Å². The van der Waals surface area contributed by atoms with E-state index < -0.39 is 36.1 Å². The SMILES string of the molecule is CC(C)[C@H](N)C(=O)OC1C[C@@H](n2ccc(N)nc2=O)O[C@H]1CO. The van der Waals surface area contributed by atoms with Crippen LogP contribution in [0.1, 0.15) is 26.5 Å². The second-order valence-corrected chi connectivity index (χ2v) is 5.83. The number of aliphatic hydroxyl groups is 1. The summed E-state index contributed by atoms with van der Waals surface area (Å²) in [4.78, 5) is 27.4. The van der Waals surface area contributed by atoms with Gasteiger partial charge in [0, 0.05) is 12.6 Å². The summed E-state index contributed by atoms with van der Waals surface area (Å²) in [6, 6.07) is 0.710. The summed E-state index contributed by atoms with van der Waals surface area (Å²) in [6.07, 6.45) is -0.443. The average molecular weight is 326 g/mol. The number of nitrogen functional groups attached to an aromatic ring is 1. The van der Waals surface area contributed by atoms with E-state index in [1.54, 1.807) is 0 Å². The molecule has 1 fully saturated rings. The molecule has 4 atom stereocenters. The Hall–Kier alpha value is -1.97. The van der Waals surface area contributed by atoms with Crippen molar-refractivity contribution in [1.82, 2.24) is 9.55 Å². The lowest BCUT2D eigenvalue weighted by atomic mass is 10.1. The molecule has 1 aromatic heterocycles. The van der Waals surface area contributed by atoms with E-state index in [0.717, 1.165) is 0 Å². The van der Waals surface area contributed by atoms with Crippen LogP contribution in [0.2, 0.25) is 0 Å². The highest BCUT2D eigenvalue weighted by Crippen LogP contribution is 2.30. The monoisotopic (exact) mass is 326 g/mol. The highest BCUT2D eigenvalue weighted by Gasteiger charge is 2.39. The van der Waals surface area contributed by atoms with Crippen LogP contribution >= 0.6 is 0 Å². The number of hydrogen-bond acceptors (Lipinski definition) is 8. The van der Waals surface area contributed by atoms with E-state index in [2.05, 4.69) is 4.98 Å². The number of rotatable bonds is 5. The summed E-state index contributed by atoms with van der Waals surface area (Å²) in [5, 5.41) is 9.40. The Labute approximate surface area is 133 Å². The molecule has 0 aliphatic carbocycles. The van der Waals surface area contributed by atoms with Gasteiger partial charge in [0.15, 0.2) is 0 Å². The van der Waals surface area contributed by atoms with Gasteiger partial charge in [-0.2, -0.15) is 4.98 Å². The Morgan fingerprint density at radius 1 is 1.61 bits per heavy atom. The number of nitrogens with zero attached hydrogens (tertiary/aromatic N) is 2. The number of aromatic nitrogens is 2. The molecule has 1 aliphatic heterocycles. The number of ether oxygens (including phenoxy) is 2. The first-order valence-corrected chi connectivity index (χ1v) is 7.40. The van der Waals surface area contributed by atoms with E-state index in [9.17, 15) is 14.7 Å². The molecule has 128 valence electrons. The van der Waals surface area contributed by atoms with Crippen molar-refractivity contribution >= 4 is 11.8 Å². The maximum atomic E-state index is 12.0. The van der Waals surface area contributed by atoms with Crippen LogP contribution in [0.3, 0.4) is 0 Å². The lowest BCUT2D eigenvalue weighted by Gasteiger charge is -2.20. The smallest absolute Gasteiger partial charge is 0.351 e. The fourth-order valence-corrected chi connectivity index (χ4v) is 2.30. The molecule has 9 nitrogen and oxygen atoms in total. The molecule has 5 N–H and O–H groups in total. The zero-order valence-corrected chi connectivity index (χ0v) is 13.1. The molecule has 1 saturated heterocycles. The molecule has 1 aromatic rings. The normalized spacial score (nSPS) is 25.5. The van der Waals surface area contributed by atoms with E-state index >= 15 is 0 Å². The molecule has 0 saturated carbocycles. The topological polar surface area (TPSA) is 143 Å². The minimum Gasteiger partial charge on any atom is -0.458 e. The first kappa shape index (κ1) is 17.4. The molecule has 9 heteroatoms. The van der Waals surface area contributed by atoms with Gasteiger partial charge in [0.25, 0.3) is 0 Å². The number of carbonyl (C=O) groups is 1. The van der Waals surface area contributed by atoms with Gasteiger partial charge in [0.05, 0.1) is 6.61 Å². The van der Waals surface area contributed by atoms with Crippen molar-refractivity contribution in [3.8, 4) is 0 Å². The first-order valence-electron chi connectivity index (χ1n) is 7.40. The van der Waals surface area contributed by atoms with Crippen molar-refractivity contribution in [2.45, 2.75) is 44.7 Å². The van der Waals surface area contributed by atoms with Crippen molar-refractivity contribution in [3.63, 3.8) is 0 Å². The summed E-state index contributed by atoms with van der Waals surface area (Å²) in [5.74, 6) is -0.526. The van der Waals surface area contributed by atoms with Gasteiger partial charge in [-0.25, -0.2) is 4.79 Å². The van der Waals surface area contributed by atoms with Crippen LogP contribution in [-0.4, -0.2) is 45.5 Å². The maximum Gasteiger partial charge on any atom is 0.351 e. The molecule has 0 aromatic carbocycles. The largest absolute Gasteiger partial charge is 0.458 e. The van der Waals surface area contributed by atoms with Crippen LogP contribution in [0, 0.1) is 5.92 Å². The van der Waals surface area contributed by atoms with Crippen molar-refractivity contribution in [2.75, 3.05) is 12.3 Å². The Kier molecular flexibility index (Phi) is 5.34. The predicted molar refractivity (Wildman–Crippen MR) is 81.2 cm³/mol. The Morgan fingerprint density at radius 3 is 2.87 bits per heavy atom.